The molecule has 3 aromatic heterocycles. The van der Waals surface area contributed by atoms with Crippen molar-refractivity contribution < 1.29 is 14.0 Å². The molecule has 0 fully saturated rings. The van der Waals surface area contributed by atoms with Gasteiger partial charge in [0, 0.05) is 19.5 Å². The second kappa shape index (κ2) is 10.6. The predicted octanol–water partition coefficient (Wildman–Crippen LogP) is 4.23. The Morgan fingerprint density at radius 1 is 1.29 bits per heavy atom. The Kier molecular flexibility index (Phi) is 7.91. The highest BCUT2D eigenvalue weighted by Gasteiger charge is 2.17. The Labute approximate surface area is 189 Å². The number of carbonyl (C=O) groups is 2. The molecule has 0 aliphatic rings. The molecule has 166 valence electrons. The zero-order chi connectivity index (χ0) is 22.4. The van der Waals surface area contributed by atoms with Crippen molar-refractivity contribution >= 4 is 39.9 Å². The lowest BCUT2D eigenvalue weighted by molar-refractivity contribution is 0.0955. The maximum atomic E-state index is 12.6. The summed E-state index contributed by atoms with van der Waals surface area (Å²) in [7, 11) is 0. The minimum atomic E-state index is -0.340. The van der Waals surface area contributed by atoms with E-state index in [2.05, 4.69) is 39.2 Å². The van der Waals surface area contributed by atoms with Crippen LogP contribution in [0.2, 0.25) is 0 Å². The average molecular weight is 462 g/mol. The van der Waals surface area contributed by atoms with Gasteiger partial charge in [0.2, 0.25) is 0 Å². The van der Waals surface area contributed by atoms with Crippen molar-refractivity contribution in [2.45, 2.75) is 45.3 Å². The highest BCUT2D eigenvalue weighted by molar-refractivity contribution is 7.98. The van der Waals surface area contributed by atoms with Gasteiger partial charge in [-0.15, -0.1) is 21.5 Å². The van der Waals surface area contributed by atoms with Crippen LogP contribution in [-0.2, 0) is 13.0 Å². The van der Waals surface area contributed by atoms with Gasteiger partial charge in [0.15, 0.2) is 10.9 Å². The number of anilines is 1. The molecule has 2 N–H and O–H groups in total. The van der Waals surface area contributed by atoms with Gasteiger partial charge in [0.25, 0.3) is 11.8 Å². The third-order valence-corrected chi connectivity index (χ3v) is 6.31. The molecule has 31 heavy (non-hydrogen) atoms. The van der Waals surface area contributed by atoms with Crippen LogP contribution >= 0.6 is 23.1 Å². The number of nitrogens with one attached hydrogen (secondary N) is 2. The van der Waals surface area contributed by atoms with E-state index >= 15 is 0 Å². The molecule has 0 aliphatic heterocycles. The molecular weight excluding hydrogens is 434 g/mol. The summed E-state index contributed by atoms with van der Waals surface area (Å²) in [6.07, 6.45) is 4.96. The number of rotatable bonds is 10. The van der Waals surface area contributed by atoms with Gasteiger partial charge in [-0.2, -0.15) is 0 Å². The number of thioether (sulfide) groups is 1. The zero-order valence-electron chi connectivity index (χ0n) is 18.1. The highest BCUT2D eigenvalue weighted by atomic mass is 32.2. The molecule has 0 aromatic carbocycles. The molecule has 0 spiro atoms. The molecule has 0 aliphatic carbocycles. The first-order chi connectivity index (χ1) is 14.9. The Morgan fingerprint density at radius 2 is 2.10 bits per heavy atom. The first-order valence-corrected chi connectivity index (χ1v) is 12.1. The minimum absolute atomic E-state index is 0.144. The molecule has 2 amide bonds. The molecule has 10 heteroatoms. The summed E-state index contributed by atoms with van der Waals surface area (Å²) in [5.74, 6) is 1.20. The number of thiophene rings is 1. The van der Waals surface area contributed by atoms with E-state index in [0.717, 1.165) is 35.9 Å². The normalized spacial score (nSPS) is 11.1. The van der Waals surface area contributed by atoms with Gasteiger partial charge in [-0.3, -0.25) is 9.59 Å². The standard InChI is InChI=1S/C21H27N5O3S2/c1-13(2)12-26-16(24-25-21(26)30-4)8-5-9-22-20(28)18-14(3)11-17(31-18)23-19(27)15-7-6-10-29-15/h6-7,10-11,13H,5,8-9,12H2,1-4H3,(H,22,28)(H,23,27). The van der Waals surface area contributed by atoms with E-state index in [1.807, 2.05) is 13.2 Å². The molecule has 0 atom stereocenters. The number of nitrogens with zero attached hydrogens (tertiary/aromatic N) is 3. The van der Waals surface area contributed by atoms with Crippen molar-refractivity contribution in [1.29, 1.82) is 0 Å². The first-order valence-electron chi connectivity index (χ1n) is 10.1. The van der Waals surface area contributed by atoms with Crippen molar-refractivity contribution in [2.24, 2.45) is 5.92 Å². The zero-order valence-corrected chi connectivity index (χ0v) is 19.7. The lowest BCUT2D eigenvalue weighted by Gasteiger charge is -2.11. The summed E-state index contributed by atoms with van der Waals surface area (Å²) in [6.45, 7) is 7.61. The van der Waals surface area contributed by atoms with Crippen molar-refractivity contribution in [3.8, 4) is 0 Å². The Hall–Kier alpha value is -2.59. The largest absolute Gasteiger partial charge is 0.459 e. The summed E-state index contributed by atoms with van der Waals surface area (Å²) >= 11 is 2.84. The number of aromatic nitrogens is 3. The van der Waals surface area contributed by atoms with Gasteiger partial charge >= 0.3 is 0 Å². The molecule has 0 unspecified atom stereocenters. The molecule has 0 saturated heterocycles. The number of carbonyl (C=O) groups excluding carboxylic acids is 2. The lowest BCUT2D eigenvalue weighted by atomic mass is 10.2. The van der Waals surface area contributed by atoms with Gasteiger partial charge in [-0.05, 0) is 49.3 Å². The third kappa shape index (κ3) is 5.98. The third-order valence-electron chi connectivity index (χ3n) is 4.49. The van der Waals surface area contributed by atoms with Crippen LogP contribution in [0.25, 0.3) is 0 Å². The van der Waals surface area contributed by atoms with Gasteiger partial charge in [0.05, 0.1) is 16.1 Å². The first kappa shape index (κ1) is 23.1. The van der Waals surface area contributed by atoms with E-state index in [9.17, 15) is 9.59 Å². The second-order valence-electron chi connectivity index (χ2n) is 7.52. The van der Waals surface area contributed by atoms with Crippen LogP contribution in [0.15, 0.2) is 34.0 Å². The van der Waals surface area contributed by atoms with Crippen LogP contribution in [0.1, 0.15) is 51.9 Å². The van der Waals surface area contributed by atoms with Gasteiger partial charge in [-0.25, -0.2) is 0 Å². The summed E-state index contributed by atoms with van der Waals surface area (Å²) in [4.78, 5) is 25.3. The minimum Gasteiger partial charge on any atom is -0.459 e. The van der Waals surface area contributed by atoms with Crippen molar-refractivity contribution in [3.05, 3.63) is 46.5 Å². The van der Waals surface area contributed by atoms with Crippen LogP contribution in [-0.4, -0.2) is 39.4 Å². The van der Waals surface area contributed by atoms with E-state index in [-0.39, 0.29) is 17.6 Å². The molecule has 0 bridgehead atoms. The number of hydrogen-bond acceptors (Lipinski definition) is 7. The summed E-state index contributed by atoms with van der Waals surface area (Å²) < 4.78 is 7.25. The van der Waals surface area contributed by atoms with E-state index < -0.39 is 0 Å². The lowest BCUT2D eigenvalue weighted by Crippen LogP contribution is -2.24. The van der Waals surface area contributed by atoms with Crippen molar-refractivity contribution in [1.82, 2.24) is 20.1 Å². The second-order valence-corrected chi connectivity index (χ2v) is 9.35. The van der Waals surface area contributed by atoms with Crippen molar-refractivity contribution in [2.75, 3.05) is 18.1 Å². The van der Waals surface area contributed by atoms with Crippen LogP contribution < -0.4 is 10.6 Å². The number of hydrogen-bond donors (Lipinski definition) is 2. The van der Waals surface area contributed by atoms with Crippen LogP contribution in [0.3, 0.4) is 0 Å². The van der Waals surface area contributed by atoms with Crippen LogP contribution in [0, 0.1) is 12.8 Å². The summed E-state index contributed by atoms with van der Waals surface area (Å²) in [6, 6.07) is 5.03. The van der Waals surface area contributed by atoms with E-state index in [1.165, 1.54) is 17.6 Å². The Balaban J connectivity index is 1.52. The Morgan fingerprint density at radius 3 is 2.77 bits per heavy atom. The highest BCUT2D eigenvalue weighted by Crippen LogP contribution is 2.27. The molecule has 8 nitrogen and oxygen atoms in total. The fourth-order valence-electron chi connectivity index (χ4n) is 3.08. The molecule has 3 aromatic rings. The monoisotopic (exact) mass is 461 g/mol. The SMILES string of the molecule is CSc1nnc(CCCNC(=O)c2sc(NC(=O)c3ccco3)cc2C)n1CC(C)C. The van der Waals surface area contributed by atoms with Gasteiger partial charge in [0.1, 0.15) is 5.82 Å². The van der Waals surface area contributed by atoms with Crippen LogP contribution in [0.5, 0.6) is 0 Å². The summed E-state index contributed by atoms with van der Waals surface area (Å²) in [5, 5.41) is 15.8. The fourth-order valence-corrected chi connectivity index (χ4v) is 4.59. The van der Waals surface area contributed by atoms with Crippen LogP contribution in [0.4, 0.5) is 5.00 Å². The van der Waals surface area contributed by atoms with Gasteiger partial charge in [-0.1, -0.05) is 25.6 Å². The maximum Gasteiger partial charge on any atom is 0.291 e. The molecule has 3 heterocycles. The topological polar surface area (TPSA) is 102 Å². The smallest absolute Gasteiger partial charge is 0.291 e. The number of aryl methyl sites for hydroxylation is 2. The number of amides is 2. The van der Waals surface area contributed by atoms with E-state index in [4.69, 9.17) is 4.42 Å². The fraction of sp³-hybridized carbons (Fsp3) is 0.429. The average Bonchev–Trinajstić information content (AvgIpc) is 3.45. The predicted molar refractivity (Wildman–Crippen MR) is 123 cm³/mol. The maximum absolute atomic E-state index is 12.6. The molecule has 0 saturated carbocycles. The Bertz CT molecular complexity index is 1020. The quantitative estimate of drug-likeness (QED) is 0.346. The molecule has 0 radical (unpaired) electrons. The van der Waals surface area contributed by atoms with E-state index in [1.54, 1.807) is 30.0 Å². The number of furan rings is 1. The van der Waals surface area contributed by atoms with Crippen molar-refractivity contribution in [3.63, 3.8) is 0 Å². The molecular formula is C21H27N5O3S2. The van der Waals surface area contributed by atoms with Gasteiger partial charge < -0.3 is 19.6 Å². The van der Waals surface area contributed by atoms with E-state index in [0.29, 0.717) is 22.3 Å². The summed E-state index contributed by atoms with van der Waals surface area (Å²) in [5.41, 5.74) is 0.818. The molecule has 3 rings (SSSR count).